The van der Waals surface area contributed by atoms with E-state index in [1.54, 1.807) is 49.6 Å². The number of methoxy groups -OCH3 is 2. The maximum Gasteiger partial charge on any atom is 0.330 e. The third-order valence-electron chi connectivity index (χ3n) is 3.98. The van der Waals surface area contributed by atoms with Crippen LogP contribution in [0.4, 0.5) is 0 Å². The van der Waals surface area contributed by atoms with Crippen LogP contribution in [0.3, 0.4) is 0 Å². The van der Waals surface area contributed by atoms with Gasteiger partial charge in [0.15, 0.2) is 11.5 Å². The Bertz CT molecular complexity index is 931. The second kappa shape index (κ2) is 12.0. The molecule has 0 saturated heterocycles. The van der Waals surface area contributed by atoms with Crippen molar-refractivity contribution in [1.82, 2.24) is 0 Å². The first-order chi connectivity index (χ1) is 14.9. The molecule has 1 unspecified atom stereocenters. The van der Waals surface area contributed by atoms with Crippen molar-refractivity contribution in [3.8, 4) is 17.2 Å². The number of carbonyl (C=O) groups is 2. The number of aliphatic hydroxyl groups is 1. The molecule has 0 spiro atoms. The first-order valence-electron chi connectivity index (χ1n) is 9.30. The van der Waals surface area contributed by atoms with Gasteiger partial charge in [-0.05, 0) is 47.5 Å². The molecule has 2 aromatic carbocycles. The number of benzene rings is 2. The summed E-state index contributed by atoms with van der Waals surface area (Å²) in [4.78, 5) is 23.5. The van der Waals surface area contributed by atoms with Crippen molar-refractivity contribution < 1.29 is 38.7 Å². The summed E-state index contributed by atoms with van der Waals surface area (Å²) in [5.74, 6) is -0.359. The molecule has 0 aliphatic heterocycles. The van der Waals surface area contributed by atoms with E-state index in [2.05, 4.69) is 0 Å². The van der Waals surface area contributed by atoms with Gasteiger partial charge in [-0.3, -0.25) is 0 Å². The molecule has 2 aromatic rings. The summed E-state index contributed by atoms with van der Waals surface area (Å²) >= 11 is 0. The number of hydrogen-bond donors (Lipinski definition) is 2. The monoisotopic (exact) mass is 428 g/mol. The lowest BCUT2D eigenvalue weighted by atomic mass is 10.2. The van der Waals surface area contributed by atoms with Crippen molar-refractivity contribution in [2.24, 2.45) is 0 Å². The Hall–Kier alpha value is -3.78. The molecule has 2 N–H and O–H groups in total. The molecular weight excluding hydrogens is 404 g/mol. The van der Waals surface area contributed by atoms with Crippen LogP contribution < -0.4 is 9.47 Å². The topological polar surface area (TPSA) is 112 Å². The van der Waals surface area contributed by atoms with Gasteiger partial charge in [-0.25, -0.2) is 9.59 Å². The van der Waals surface area contributed by atoms with Gasteiger partial charge in [0.25, 0.3) is 0 Å². The molecule has 0 bridgehead atoms. The van der Waals surface area contributed by atoms with E-state index in [0.717, 1.165) is 5.56 Å². The summed E-state index contributed by atoms with van der Waals surface area (Å²) in [5.41, 5.74) is 1.40. The van der Waals surface area contributed by atoms with Gasteiger partial charge < -0.3 is 29.2 Å². The third kappa shape index (κ3) is 8.23. The van der Waals surface area contributed by atoms with Crippen molar-refractivity contribution in [2.75, 3.05) is 27.4 Å². The zero-order valence-electron chi connectivity index (χ0n) is 17.2. The summed E-state index contributed by atoms with van der Waals surface area (Å²) in [6.07, 6.45) is 4.28. The van der Waals surface area contributed by atoms with Gasteiger partial charge in [0.2, 0.25) is 0 Å². The van der Waals surface area contributed by atoms with Crippen molar-refractivity contribution in [2.45, 2.75) is 6.10 Å². The number of aliphatic hydroxyl groups excluding tert-OH is 1. The average molecular weight is 428 g/mol. The van der Waals surface area contributed by atoms with Crippen LogP contribution in [-0.4, -0.2) is 55.7 Å². The highest BCUT2D eigenvalue weighted by molar-refractivity contribution is 5.87. The fourth-order valence-electron chi connectivity index (χ4n) is 2.34. The maximum atomic E-state index is 11.8. The average Bonchev–Trinajstić information content (AvgIpc) is 2.79. The smallest absolute Gasteiger partial charge is 0.330 e. The molecule has 8 heteroatoms. The van der Waals surface area contributed by atoms with Crippen LogP contribution in [0.15, 0.2) is 54.6 Å². The van der Waals surface area contributed by atoms with Crippen LogP contribution in [0.5, 0.6) is 17.2 Å². The summed E-state index contributed by atoms with van der Waals surface area (Å²) in [6, 6.07) is 11.6. The van der Waals surface area contributed by atoms with Gasteiger partial charge in [-0.15, -0.1) is 0 Å². The predicted molar refractivity (Wildman–Crippen MR) is 114 cm³/mol. The number of ether oxygens (including phenoxy) is 4. The minimum atomic E-state index is -1.16. The number of carbonyl (C=O) groups excluding carboxylic acids is 2. The number of phenolic OH excluding ortho intramolecular Hbond substituents is 1. The molecule has 0 aromatic heterocycles. The summed E-state index contributed by atoms with van der Waals surface area (Å²) in [7, 11) is 2.98. The lowest BCUT2D eigenvalue weighted by molar-refractivity contribution is -0.146. The molecule has 0 heterocycles. The first-order valence-corrected chi connectivity index (χ1v) is 9.30. The zero-order chi connectivity index (χ0) is 22.6. The molecule has 0 amide bonds. The lowest BCUT2D eigenvalue weighted by Gasteiger charge is -2.10. The standard InChI is InChI=1S/C23H24O8/c1-28-19-8-3-16(4-9-19)6-11-22(26)30-14-18(24)15-31-23(27)12-7-17-5-10-20(25)21(13-17)29-2/h3-13,18,24-25H,14-15H2,1-2H3. The van der Waals surface area contributed by atoms with Gasteiger partial charge in [0.05, 0.1) is 14.2 Å². The molecule has 2 rings (SSSR count). The molecule has 8 nitrogen and oxygen atoms in total. The van der Waals surface area contributed by atoms with Gasteiger partial charge in [0.1, 0.15) is 25.1 Å². The minimum Gasteiger partial charge on any atom is -0.504 e. The van der Waals surface area contributed by atoms with E-state index in [-0.39, 0.29) is 24.7 Å². The van der Waals surface area contributed by atoms with E-state index < -0.39 is 18.0 Å². The van der Waals surface area contributed by atoms with Crippen LogP contribution in [-0.2, 0) is 19.1 Å². The second-order valence-electron chi connectivity index (χ2n) is 6.29. The number of rotatable bonds is 10. The summed E-state index contributed by atoms with van der Waals surface area (Å²) < 4.78 is 19.9. The Morgan fingerprint density at radius 3 is 1.97 bits per heavy atom. The highest BCUT2D eigenvalue weighted by Crippen LogP contribution is 2.26. The first kappa shape index (κ1) is 23.5. The van der Waals surface area contributed by atoms with E-state index in [0.29, 0.717) is 11.3 Å². The Kier molecular flexibility index (Phi) is 9.13. The van der Waals surface area contributed by atoms with Crippen LogP contribution >= 0.6 is 0 Å². The van der Waals surface area contributed by atoms with Gasteiger partial charge in [0, 0.05) is 12.2 Å². The molecule has 164 valence electrons. The molecule has 0 aliphatic carbocycles. The van der Waals surface area contributed by atoms with Gasteiger partial charge in [-0.2, -0.15) is 0 Å². The van der Waals surface area contributed by atoms with Crippen LogP contribution in [0.1, 0.15) is 11.1 Å². The lowest BCUT2D eigenvalue weighted by Crippen LogP contribution is -2.24. The van der Waals surface area contributed by atoms with Crippen molar-refractivity contribution in [3.63, 3.8) is 0 Å². The zero-order valence-corrected chi connectivity index (χ0v) is 17.2. The van der Waals surface area contributed by atoms with Crippen LogP contribution in [0.25, 0.3) is 12.2 Å². The molecule has 0 radical (unpaired) electrons. The number of esters is 2. The second-order valence-corrected chi connectivity index (χ2v) is 6.29. The molecule has 0 fully saturated rings. The normalized spacial score (nSPS) is 12.0. The Morgan fingerprint density at radius 1 is 0.871 bits per heavy atom. The Morgan fingerprint density at radius 2 is 1.42 bits per heavy atom. The van der Waals surface area contributed by atoms with Crippen LogP contribution in [0.2, 0.25) is 0 Å². The van der Waals surface area contributed by atoms with E-state index in [9.17, 15) is 19.8 Å². The SMILES string of the molecule is COc1ccc(C=CC(=O)OCC(O)COC(=O)C=Cc2ccc(O)c(OC)c2)cc1. The minimum absolute atomic E-state index is 0.0151. The van der Waals surface area contributed by atoms with Gasteiger partial charge in [-0.1, -0.05) is 18.2 Å². The van der Waals surface area contributed by atoms with E-state index in [4.69, 9.17) is 18.9 Å². The number of phenols is 1. The fourth-order valence-corrected chi connectivity index (χ4v) is 2.34. The third-order valence-corrected chi connectivity index (χ3v) is 3.98. The number of hydrogen-bond acceptors (Lipinski definition) is 8. The quantitative estimate of drug-likeness (QED) is 0.439. The molecular formula is C23H24O8. The summed E-state index contributed by atoms with van der Waals surface area (Å²) in [6.45, 7) is -0.657. The van der Waals surface area contributed by atoms with E-state index in [1.165, 1.54) is 31.4 Å². The highest BCUT2D eigenvalue weighted by Gasteiger charge is 2.10. The fraction of sp³-hybridized carbons (Fsp3) is 0.217. The van der Waals surface area contributed by atoms with E-state index in [1.807, 2.05) is 0 Å². The number of aromatic hydroxyl groups is 1. The van der Waals surface area contributed by atoms with Crippen molar-refractivity contribution in [1.29, 1.82) is 0 Å². The van der Waals surface area contributed by atoms with Crippen molar-refractivity contribution >= 4 is 24.1 Å². The maximum absolute atomic E-state index is 11.8. The highest BCUT2D eigenvalue weighted by atomic mass is 16.6. The Balaban J connectivity index is 1.71. The molecule has 0 saturated carbocycles. The molecule has 31 heavy (non-hydrogen) atoms. The Labute approximate surface area is 179 Å². The van der Waals surface area contributed by atoms with Gasteiger partial charge >= 0.3 is 11.9 Å². The molecule has 0 aliphatic rings. The largest absolute Gasteiger partial charge is 0.504 e. The van der Waals surface area contributed by atoms with Crippen molar-refractivity contribution in [3.05, 3.63) is 65.7 Å². The van der Waals surface area contributed by atoms with E-state index >= 15 is 0 Å². The predicted octanol–water partition coefficient (Wildman–Crippen LogP) is 2.58. The summed E-state index contributed by atoms with van der Waals surface area (Å²) in [5, 5.41) is 19.4. The molecule has 1 atom stereocenters. The van der Waals surface area contributed by atoms with Crippen LogP contribution in [0, 0.1) is 0 Å².